The van der Waals surface area contributed by atoms with E-state index in [-0.39, 0.29) is 5.91 Å². The van der Waals surface area contributed by atoms with E-state index in [0.717, 1.165) is 10.6 Å². The zero-order valence-corrected chi connectivity index (χ0v) is 15.7. The summed E-state index contributed by atoms with van der Waals surface area (Å²) in [5.41, 5.74) is 1.47. The Bertz CT molecular complexity index is 863. The molecule has 0 unspecified atom stereocenters. The average molecular weight is 368 g/mol. The van der Waals surface area contributed by atoms with Crippen molar-refractivity contribution in [3.8, 4) is 16.3 Å². The number of carbonyl (C=O) groups excluding carboxylic acids is 1. The third-order valence-electron chi connectivity index (χ3n) is 3.68. The van der Waals surface area contributed by atoms with Gasteiger partial charge in [0.1, 0.15) is 5.75 Å². The second kappa shape index (κ2) is 8.05. The predicted octanol–water partition coefficient (Wildman–Crippen LogP) is 3.91. The third-order valence-corrected chi connectivity index (χ3v) is 4.68. The molecule has 0 aliphatic carbocycles. The van der Waals surface area contributed by atoms with Crippen molar-refractivity contribution in [1.29, 1.82) is 0 Å². The van der Waals surface area contributed by atoms with E-state index in [9.17, 15) is 4.79 Å². The van der Waals surface area contributed by atoms with E-state index in [0.29, 0.717) is 28.9 Å². The van der Waals surface area contributed by atoms with Crippen molar-refractivity contribution in [1.82, 2.24) is 15.2 Å². The van der Waals surface area contributed by atoms with Crippen LogP contribution in [0, 0.1) is 5.92 Å². The summed E-state index contributed by atoms with van der Waals surface area (Å²) in [6, 6.07) is 10.9. The molecule has 0 saturated carbocycles. The molecule has 7 heteroatoms. The fourth-order valence-electron chi connectivity index (χ4n) is 2.43. The van der Waals surface area contributed by atoms with Crippen LogP contribution < -0.4 is 9.64 Å². The minimum Gasteiger partial charge on any atom is -0.497 e. The van der Waals surface area contributed by atoms with Gasteiger partial charge in [-0.25, -0.2) is 0 Å². The average Bonchev–Trinajstić information content (AvgIpc) is 3.16. The fourth-order valence-corrected chi connectivity index (χ4v) is 3.28. The standard InChI is InChI=1S/C19H20N4O2S/c1-13(2)12-23(18(24)14-6-8-16(25-3)9-7-14)19-22-21-17(26-19)15-5-4-10-20-11-15/h4-11,13H,12H2,1-3H3. The molecule has 0 spiro atoms. The first-order valence-corrected chi connectivity index (χ1v) is 9.10. The number of hydrogen-bond acceptors (Lipinski definition) is 6. The lowest BCUT2D eigenvalue weighted by molar-refractivity contribution is 0.0983. The number of pyridine rings is 1. The van der Waals surface area contributed by atoms with Gasteiger partial charge in [0.25, 0.3) is 5.91 Å². The molecule has 1 aromatic carbocycles. The first kappa shape index (κ1) is 18.0. The summed E-state index contributed by atoms with van der Waals surface area (Å²) in [6.45, 7) is 4.70. The van der Waals surface area contributed by atoms with Crippen molar-refractivity contribution in [3.05, 3.63) is 54.4 Å². The Hall–Kier alpha value is -2.80. The Kier molecular flexibility index (Phi) is 5.58. The quantitative estimate of drug-likeness (QED) is 0.660. The van der Waals surface area contributed by atoms with Crippen LogP contribution in [0.4, 0.5) is 5.13 Å². The molecule has 1 amide bonds. The number of rotatable bonds is 6. The molecule has 0 saturated heterocycles. The van der Waals surface area contributed by atoms with E-state index in [4.69, 9.17) is 4.74 Å². The maximum absolute atomic E-state index is 13.0. The first-order chi connectivity index (χ1) is 12.6. The molecule has 0 fully saturated rings. The summed E-state index contributed by atoms with van der Waals surface area (Å²) >= 11 is 1.38. The number of carbonyl (C=O) groups is 1. The largest absolute Gasteiger partial charge is 0.497 e. The SMILES string of the molecule is COc1ccc(C(=O)N(CC(C)C)c2nnc(-c3cccnc3)s2)cc1. The second-order valence-electron chi connectivity index (χ2n) is 6.17. The first-order valence-electron chi connectivity index (χ1n) is 8.28. The van der Waals surface area contributed by atoms with E-state index < -0.39 is 0 Å². The molecule has 0 atom stereocenters. The predicted molar refractivity (Wildman–Crippen MR) is 103 cm³/mol. The lowest BCUT2D eigenvalue weighted by Gasteiger charge is -2.21. The zero-order valence-electron chi connectivity index (χ0n) is 14.9. The van der Waals surface area contributed by atoms with Crippen LogP contribution in [-0.2, 0) is 0 Å². The van der Waals surface area contributed by atoms with Crippen molar-refractivity contribution < 1.29 is 9.53 Å². The number of amides is 1. The normalized spacial score (nSPS) is 10.8. The minimum absolute atomic E-state index is 0.102. The molecule has 3 aromatic rings. The highest BCUT2D eigenvalue weighted by molar-refractivity contribution is 7.18. The molecule has 2 aromatic heterocycles. The van der Waals surface area contributed by atoms with E-state index in [1.807, 2.05) is 12.1 Å². The summed E-state index contributed by atoms with van der Waals surface area (Å²) in [7, 11) is 1.60. The van der Waals surface area contributed by atoms with Gasteiger partial charge in [-0.1, -0.05) is 25.2 Å². The molecule has 0 radical (unpaired) electrons. The van der Waals surface area contributed by atoms with Gasteiger partial charge in [-0.05, 0) is 42.3 Å². The number of anilines is 1. The van der Waals surface area contributed by atoms with Crippen LogP contribution in [-0.4, -0.2) is 34.7 Å². The van der Waals surface area contributed by atoms with Gasteiger partial charge in [0.15, 0.2) is 5.01 Å². The van der Waals surface area contributed by atoms with E-state index in [2.05, 4.69) is 29.0 Å². The summed E-state index contributed by atoms with van der Waals surface area (Å²) in [5.74, 6) is 0.907. The fraction of sp³-hybridized carbons (Fsp3) is 0.263. The van der Waals surface area contributed by atoms with Gasteiger partial charge in [0.2, 0.25) is 5.13 Å². The highest BCUT2D eigenvalue weighted by Crippen LogP contribution is 2.29. The molecule has 0 aliphatic heterocycles. The minimum atomic E-state index is -0.102. The molecular formula is C19H20N4O2S. The van der Waals surface area contributed by atoms with Crippen LogP contribution >= 0.6 is 11.3 Å². The number of aromatic nitrogens is 3. The van der Waals surface area contributed by atoms with Gasteiger partial charge >= 0.3 is 0 Å². The van der Waals surface area contributed by atoms with Gasteiger partial charge in [0, 0.05) is 30.1 Å². The maximum atomic E-state index is 13.0. The number of benzene rings is 1. The zero-order chi connectivity index (χ0) is 18.5. The molecule has 6 nitrogen and oxygen atoms in total. The Labute approximate surface area is 156 Å². The molecular weight excluding hydrogens is 348 g/mol. The number of nitrogens with zero attached hydrogens (tertiary/aromatic N) is 4. The van der Waals surface area contributed by atoms with Crippen LogP contribution in [0.1, 0.15) is 24.2 Å². The lowest BCUT2D eigenvalue weighted by atomic mass is 10.1. The highest BCUT2D eigenvalue weighted by Gasteiger charge is 2.23. The van der Waals surface area contributed by atoms with Crippen molar-refractivity contribution in [3.63, 3.8) is 0 Å². The molecule has 3 rings (SSSR count). The van der Waals surface area contributed by atoms with Gasteiger partial charge < -0.3 is 4.74 Å². The molecule has 0 bridgehead atoms. The van der Waals surface area contributed by atoms with Crippen LogP contribution in [0.15, 0.2) is 48.8 Å². The van der Waals surface area contributed by atoms with E-state index >= 15 is 0 Å². The van der Waals surface area contributed by atoms with Gasteiger partial charge in [-0.2, -0.15) is 0 Å². The molecule has 2 heterocycles. The third kappa shape index (κ3) is 4.05. The van der Waals surface area contributed by atoms with Crippen molar-refractivity contribution in [2.24, 2.45) is 5.92 Å². The number of hydrogen-bond donors (Lipinski definition) is 0. The summed E-state index contributed by atoms with van der Waals surface area (Å²) in [5, 5.41) is 9.80. The second-order valence-corrected chi connectivity index (χ2v) is 7.13. The van der Waals surface area contributed by atoms with Crippen LogP contribution in [0.25, 0.3) is 10.6 Å². The van der Waals surface area contributed by atoms with Crippen molar-refractivity contribution >= 4 is 22.4 Å². The summed E-state index contributed by atoms with van der Waals surface area (Å²) in [6.07, 6.45) is 3.45. The Balaban J connectivity index is 1.90. The molecule has 134 valence electrons. The van der Waals surface area contributed by atoms with Crippen molar-refractivity contribution in [2.45, 2.75) is 13.8 Å². The smallest absolute Gasteiger partial charge is 0.260 e. The summed E-state index contributed by atoms with van der Waals surface area (Å²) < 4.78 is 5.16. The molecule has 0 aliphatic rings. The van der Waals surface area contributed by atoms with Gasteiger partial charge in [0.05, 0.1) is 7.11 Å². The van der Waals surface area contributed by atoms with Crippen LogP contribution in [0.2, 0.25) is 0 Å². The maximum Gasteiger partial charge on any atom is 0.260 e. The van der Waals surface area contributed by atoms with Gasteiger partial charge in [-0.15, -0.1) is 10.2 Å². The highest BCUT2D eigenvalue weighted by atomic mass is 32.1. The lowest BCUT2D eigenvalue weighted by Crippen LogP contribution is -2.34. The molecule has 0 N–H and O–H groups in total. The van der Waals surface area contributed by atoms with E-state index in [1.54, 1.807) is 48.7 Å². The van der Waals surface area contributed by atoms with Gasteiger partial charge in [-0.3, -0.25) is 14.7 Å². The number of ether oxygens (including phenoxy) is 1. The topological polar surface area (TPSA) is 68.2 Å². The van der Waals surface area contributed by atoms with Crippen LogP contribution in [0.3, 0.4) is 0 Å². The monoisotopic (exact) mass is 368 g/mol. The molecule has 26 heavy (non-hydrogen) atoms. The van der Waals surface area contributed by atoms with E-state index in [1.165, 1.54) is 11.3 Å². The van der Waals surface area contributed by atoms with Crippen molar-refractivity contribution in [2.75, 3.05) is 18.6 Å². The Morgan fingerprint density at radius 2 is 1.96 bits per heavy atom. The van der Waals surface area contributed by atoms with Crippen LogP contribution in [0.5, 0.6) is 5.75 Å². The number of methoxy groups -OCH3 is 1. The Morgan fingerprint density at radius 3 is 2.58 bits per heavy atom. The summed E-state index contributed by atoms with van der Waals surface area (Å²) in [4.78, 5) is 18.8. The Morgan fingerprint density at radius 1 is 1.19 bits per heavy atom.